The molecule has 2 aliphatic heterocycles. The number of hydrogen-bond acceptors (Lipinski definition) is 6. The van der Waals surface area contributed by atoms with E-state index in [1.54, 1.807) is 48.5 Å². The van der Waals surface area contributed by atoms with Crippen LogP contribution in [-0.4, -0.2) is 52.8 Å². The molecule has 39 heavy (non-hydrogen) atoms. The van der Waals surface area contributed by atoms with Crippen LogP contribution < -0.4 is 4.74 Å². The second-order valence-corrected chi connectivity index (χ2v) is 11.7. The molecule has 5 rings (SSSR count). The molecule has 204 valence electrons. The van der Waals surface area contributed by atoms with Crippen LogP contribution in [0.5, 0.6) is 5.75 Å². The minimum absolute atomic E-state index is 0.0438. The van der Waals surface area contributed by atoms with Crippen molar-refractivity contribution in [1.82, 2.24) is 9.88 Å². The summed E-state index contributed by atoms with van der Waals surface area (Å²) in [4.78, 5) is 46.9. The van der Waals surface area contributed by atoms with Crippen molar-refractivity contribution in [2.75, 3.05) is 14.2 Å². The lowest BCUT2D eigenvalue weighted by Gasteiger charge is -2.45. The number of rotatable bonds is 5. The van der Waals surface area contributed by atoms with Crippen LogP contribution in [0.2, 0.25) is 0 Å². The Hall–Kier alpha value is -3.94. The number of carbonyl (C=O) groups is 3. The Morgan fingerprint density at radius 3 is 2.49 bits per heavy atom. The summed E-state index contributed by atoms with van der Waals surface area (Å²) in [5.74, 6) is -1.08. The zero-order valence-electron chi connectivity index (χ0n) is 23.2. The number of aromatic carboxylic acids is 1. The maximum absolute atomic E-state index is 14.1. The molecule has 2 atom stereocenters. The Bertz CT molecular complexity index is 1440. The zero-order valence-corrected chi connectivity index (χ0v) is 23.2. The molecule has 0 spiro atoms. The maximum atomic E-state index is 14.1. The molecule has 1 aliphatic carbocycles. The van der Waals surface area contributed by atoms with Crippen LogP contribution in [0, 0.1) is 11.3 Å². The third-order valence-corrected chi connectivity index (χ3v) is 8.08. The average molecular weight is 531 g/mol. The third-order valence-electron chi connectivity index (χ3n) is 8.08. The van der Waals surface area contributed by atoms with E-state index in [0.29, 0.717) is 46.8 Å². The summed E-state index contributed by atoms with van der Waals surface area (Å²) < 4.78 is 12.2. The number of carboxylic acids is 1. The Kier molecular flexibility index (Phi) is 6.61. The molecule has 8 nitrogen and oxygen atoms in total. The topological polar surface area (TPSA) is 106 Å². The number of carbonyl (C=O) groups excluding carboxylic acids is 2. The van der Waals surface area contributed by atoms with Gasteiger partial charge in [0.25, 0.3) is 5.91 Å². The van der Waals surface area contributed by atoms with Crippen molar-refractivity contribution in [3.8, 4) is 17.0 Å². The molecule has 0 radical (unpaired) electrons. The van der Waals surface area contributed by atoms with E-state index in [9.17, 15) is 19.5 Å². The Morgan fingerprint density at radius 2 is 1.87 bits per heavy atom. The summed E-state index contributed by atoms with van der Waals surface area (Å²) in [7, 11) is 3.22. The number of aromatic nitrogens is 1. The van der Waals surface area contributed by atoms with Crippen LogP contribution in [0.25, 0.3) is 11.3 Å². The monoisotopic (exact) mass is 530 g/mol. The lowest BCUT2D eigenvalue weighted by atomic mass is 9.67. The molecule has 3 aliphatic rings. The van der Waals surface area contributed by atoms with Crippen molar-refractivity contribution in [3.05, 3.63) is 70.3 Å². The number of ketones is 1. The minimum Gasteiger partial charge on any atom is -0.496 e. The predicted molar refractivity (Wildman–Crippen MR) is 145 cm³/mol. The Balaban J connectivity index is 1.85. The van der Waals surface area contributed by atoms with Gasteiger partial charge in [0, 0.05) is 55.2 Å². The van der Waals surface area contributed by atoms with Crippen molar-refractivity contribution in [1.29, 1.82) is 0 Å². The lowest BCUT2D eigenvalue weighted by Crippen LogP contribution is -2.48. The van der Waals surface area contributed by atoms with E-state index >= 15 is 0 Å². The summed E-state index contributed by atoms with van der Waals surface area (Å²) in [5.41, 5.74) is 1.40. The van der Waals surface area contributed by atoms with Gasteiger partial charge >= 0.3 is 5.97 Å². The fourth-order valence-corrected chi connectivity index (χ4v) is 6.26. The van der Waals surface area contributed by atoms with E-state index in [1.807, 2.05) is 13.8 Å². The highest BCUT2D eigenvalue weighted by Crippen LogP contribution is 2.54. The molecule has 0 saturated carbocycles. The summed E-state index contributed by atoms with van der Waals surface area (Å²) in [6.45, 7) is 8.14. The SMILES string of the molecule is COc1ccc(-c2ccccn2)c(C(=O)O)c1[C@H]1C2=C(CC(C)(C)CC2=O)OC2=C1C(=O)N(C)[C@H](C(C)C)C2. The third kappa shape index (κ3) is 4.41. The number of hydrogen-bond donors (Lipinski definition) is 1. The number of carboxylic acid groups (broad SMARTS) is 1. The van der Waals surface area contributed by atoms with E-state index in [2.05, 4.69) is 18.8 Å². The number of amides is 1. The standard InChI is InChI=1S/C31H34N2O6/c1-16(2)19-13-22-27(29(35)33(19)5)28(25-20(34)14-31(3,4)15-23(25)39-22)26-21(38-6)11-10-17(24(26)30(36)37)18-9-7-8-12-32-18/h7-12,16,19,28H,13-15H2,1-6H3,(H,36,37)/t19-,28+/m0/s1. The van der Waals surface area contributed by atoms with Crippen molar-refractivity contribution >= 4 is 17.7 Å². The molecule has 0 unspecified atom stereocenters. The summed E-state index contributed by atoms with van der Waals surface area (Å²) in [5, 5.41) is 10.6. The van der Waals surface area contributed by atoms with E-state index in [-0.39, 0.29) is 52.4 Å². The largest absolute Gasteiger partial charge is 0.496 e. The quantitative estimate of drug-likeness (QED) is 0.555. The first-order valence-electron chi connectivity index (χ1n) is 13.2. The van der Waals surface area contributed by atoms with Crippen LogP contribution in [0.4, 0.5) is 0 Å². The van der Waals surface area contributed by atoms with E-state index in [0.717, 1.165) is 0 Å². The Labute approximate surface area is 228 Å². The van der Waals surface area contributed by atoms with Crippen molar-refractivity contribution < 1.29 is 29.0 Å². The number of benzene rings is 1. The van der Waals surface area contributed by atoms with Crippen LogP contribution in [0.15, 0.2) is 59.2 Å². The molecule has 0 fully saturated rings. The highest BCUT2D eigenvalue weighted by atomic mass is 16.5. The summed E-state index contributed by atoms with van der Waals surface area (Å²) in [6, 6.07) is 8.53. The number of nitrogens with zero attached hydrogens (tertiary/aromatic N) is 2. The fourth-order valence-electron chi connectivity index (χ4n) is 6.26. The van der Waals surface area contributed by atoms with Crippen LogP contribution in [0.1, 0.15) is 68.8 Å². The minimum atomic E-state index is -1.19. The molecule has 0 bridgehead atoms. The maximum Gasteiger partial charge on any atom is 0.336 e. The van der Waals surface area contributed by atoms with Gasteiger partial charge in [-0.25, -0.2) is 4.79 Å². The van der Waals surface area contributed by atoms with E-state index in [4.69, 9.17) is 9.47 Å². The molecule has 1 aromatic heterocycles. The number of allylic oxidation sites excluding steroid dienone is 2. The van der Waals surface area contributed by atoms with E-state index in [1.165, 1.54) is 7.11 Å². The second-order valence-electron chi connectivity index (χ2n) is 11.7. The molecular weight excluding hydrogens is 496 g/mol. The van der Waals surface area contributed by atoms with Crippen LogP contribution in [0.3, 0.4) is 0 Å². The highest BCUT2D eigenvalue weighted by molar-refractivity contribution is 6.08. The fraction of sp³-hybridized carbons (Fsp3) is 0.419. The number of ether oxygens (including phenoxy) is 2. The van der Waals surface area contributed by atoms with Gasteiger partial charge in [-0.15, -0.1) is 0 Å². The van der Waals surface area contributed by atoms with Gasteiger partial charge in [-0.1, -0.05) is 33.8 Å². The average Bonchev–Trinajstić information content (AvgIpc) is 2.88. The molecule has 1 aromatic carbocycles. The first-order chi connectivity index (χ1) is 18.4. The number of methoxy groups -OCH3 is 1. The van der Waals surface area contributed by atoms with Crippen LogP contribution in [-0.2, 0) is 14.3 Å². The summed E-state index contributed by atoms with van der Waals surface area (Å²) in [6.07, 6.45) is 2.83. The van der Waals surface area contributed by atoms with Crippen LogP contribution >= 0.6 is 0 Å². The van der Waals surface area contributed by atoms with Gasteiger partial charge in [0.2, 0.25) is 0 Å². The zero-order chi connectivity index (χ0) is 28.2. The van der Waals surface area contributed by atoms with Gasteiger partial charge in [-0.2, -0.15) is 0 Å². The smallest absolute Gasteiger partial charge is 0.336 e. The normalized spacial score (nSPS) is 22.5. The highest BCUT2D eigenvalue weighted by Gasteiger charge is 2.50. The van der Waals surface area contributed by atoms with Crippen molar-refractivity contribution in [2.24, 2.45) is 11.3 Å². The van der Waals surface area contributed by atoms with Crippen molar-refractivity contribution in [2.45, 2.75) is 58.9 Å². The molecular formula is C31H34N2O6. The molecule has 8 heteroatoms. The van der Waals surface area contributed by atoms with Gasteiger partial charge in [-0.05, 0) is 35.6 Å². The van der Waals surface area contributed by atoms with Gasteiger partial charge in [0.1, 0.15) is 17.3 Å². The number of Topliss-reactive ketones (excluding diaryl/α,β-unsaturated/α-hetero) is 1. The van der Waals surface area contributed by atoms with Gasteiger partial charge < -0.3 is 19.5 Å². The predicted octanol–water partition coefficient (Wildman–Crippen LogP) is 5.35. The lowest BCUT2D eigenvalue weighted by molar-refractivity contribution is -0.131. The van der Waals surface area contributed by atoms with Gasteiger partial charge in [-0.3, -0.25) is 14.6 Å². The number of likely N-dealkylation sites (N-methyl/N-ethyl adjacent to an activating group) is 1. The molecule has 0 saturated heterocycles. The van der Waals surface area contributed by atoms with Gasteiger partial charge in [0.05, 0.1) is 29.9 Å². The summed E-state index contributed by atoms with van der Waals surface area (Å²) >= 11 is 0. The molecule has 1 amide bonds. The van der Waals surface area contributed by atoms with E-state index < -0.39 is 11.9 Å². The first-order valence-corrected chi connectivity index (χ1v) is 13.2. The van der Waals surface area contributed by atoms with Gasteiger partial charge in [0.15, 0.2) is 5.78 Å². The molecule has 1 N–H and O–H groups in total. The number of pyridine rings is 1. The molecule has 3 heterocycles. The Morgan fingerprint density at radius 1 is 1.13 bits per heavy atom. The second kappa shape index (κ2) is 9.67. The van der Waals surface area contributed by atoms with Crippen molar-refractivity contribution in [3.63, 3.8) is 0 Å². The molecule has 2 aromatic rings. The first kappa shape index (κ1) is 26.7.